The Balaban J connectivity index is 1.96. The van der Waals surface area contributed by atoms with Crippen molar-refractivity contribution in [3.8, 4) is 0 Å². The van der Waals surface area contributed by atoms with Gasteiger partial charge in [-0.3, -0.25) is 4.79 Å². The number of benzene rings is 1. The number of halogens is 2. The van der Waals surface area contributed by atoms with Gasteiger partial charge in [0, 0.05) is 18.1 Å². The largest absolute Gasteiger partial charge is 0.381 e. The lowest BCUT2D eigenvalue weighted by Crippen LogP contribution is -2.29. The van der Waals surface area contributed by atoms with Crippen LogP contribution in [-0.2, 0) is 9.53 Å². The number of rotatable bonds is 3. The Morgan fingerprint density at radius 3 is 2.58 bits per heavy atom. The highest BCUT2D eigenvalue weighted by Gasteiger charge is 2.26. The van der Waals surface area contributed by atoms with Gasteiger partial charge in [0.15, 0.2) is 0 Å². The molecule has 1 fully saturated rings. The summed E-state index contributed by atoms with van der Waals surface area (Å²) < 4.78 is 5.30. The number of hydrogen-bond acceptors (Lipinski definition) is 2. The summed E-state index contributed by atoms with van der Waals surface area (Å²) in [5.41, 5.74) is 0.577. The van der Waals surface area contributed by atoms with Crippen molar-refractivity contribution >= 4 is 34.8 Å². The van der Waals surface area contributed by atoms with E-state index in [-0.39, 0.29) is 11.8 Å². The summed E-state index contributed by atoms with van der Waals surface area (Å²) in [6.07, 6.45) is 3.85. The van der Waals surface area contributed by atoms with Crippen LogP contribution in [0.5, 0.6) is 0 Å². The third-order valence-corrected chi connectivity index (χ3v) is 4.13. The smallest absolute Gasteiger partial charge is 0.227 e. The maximum Gasteiger partial charge on any atom is 0.227 e. The molecule has 1 aromatic carbocycles. The highest BCUT2D eigenvalue weighted by Crippen LogP contribution is 2.29. The van der Waals surface area contributed by atoms with E-state index in [9.17, 15) is 4.79 Å². The third kappa shape index (κ3) is 3.85. The van der Waals surface area contributed by atoms with Crippen molar-refractivity contribution in [1.82, 2.24) is 0 Å². The highest BCUT2D eigenvalue weighted by atomic mass is 35.5. The summed E-state index contributed by atoms with van der Waals surface area (Å²) in [6.45, 7) is 0. The summed E-state index contributed by atoms with van der Waals surface area (Å²) in [4.78, 5) is 12.2. The van der Waals surface area contributed by atoms with Crippen LogP contribution >= 0.6 is 23.2 Å². The van der Waals surface area contributed by atoms with Gasteiger partial charge >= 0.3 is 0 Å². The summed E-state index contributed by atoms with van der Waals surface area (Å²) in [5.74, 6) is 0.0418. The Labute approximate surface area is 123 Å². The highest BCUT2D eigenvalue weighted by molar-refractivity contribution is 6.35. The van der Waals surface area contributed by atoms with Crippen LogP contribution < -0.4 is 5.32 Å². The number of carbonyl (C=O) groups is 1. The van der Waals surface area contributed by atoms with Gasteiger partial charge in [-0.2, -0.15) is 0 Å². The van der Waals surface area contributed by atoms with Gasteiger partial charge in [-0.25, -0.2) is 0 Å². The Bertz CT molecular complexity index is 457. The average Bonchev–Trinajstić information content (AvgIpc) is 2.43. The van der Waals surface area contributed by atoms with Crippen molar-refractivity contribution in [1.29, 1.82) is 0 Å². The molecule has 0 spiro atoms. The van der Waals surface area contributed by atoms with Gasteiger partial charge < -0.3 is 10.1 Å². The van der Waals surface area contributed by atoms with E-state index in [1.165, 1.54) is 0 Å². The van der Waals surface area contributed by atoms with Gasteiger partial charge in [-0.1, -0.05) is 23.2 Å². The number of amides is 1. The molecular formula is C14H17Cl2NO2. The molecule has 0 unspecified atom stereocenters. The molecule has 0 aromatic heterocycles. The lowest BCUT2D eigenvalue weighted by molar-refractivity contribution is -0.121. The van der Waals surface area contributed by atoms with E-state index in [1.54, 1.807) is 25.3 Å². The molecule has 3 nitrogen and oxygen atoms in total. The molecule has 0 atom stereocenters. The van der Waals surface area contributed by atoms with Gasteiger partial charge in [0.25, 0.3) is 0 Å². The second-order valence-corrected chi connectivity index (χ2v) is 5.67. The molecule has 1 aromatic rings. The van der Waals surface area contributed by atoms with Crippen LogP contribution in [0.15, 0.2) is 18.2 Å². The van der Waals surface area contributed by atoms with Gasteiger partial charge in [0.05, 0.1) is 16.8 Å². The number of methoxy groups -OCH3 is 1. The van der Waals surface area contributed by atoms with E-state index in [4.69, 9.17) is 27.9 Å². The van der Waals surface area contributed by atoms with Gasteiger partial charge in [0.1, 0.15) is 0 Å². The van der Waals surface area contributed by atoms with E-state index in [0.29, 0.717) is 21.8 Å². The Morgan fingerprint density at radius 1 is 1.26 bits per heavy atom. The minimum atomic E-state index is 0.0127. The first-order valence-corrected chi connectivity index (χ1v) is 7.14. The molecule has 0 saturated heterocycles. The van der Waals surface area contributed by atoms with Crippen molar-refractivity contribution < 1.29 is 9.53 Å². The summed E-state index contributed by atoms with van der Waals surface area (Å²) in [5, 5.41) is 3.92. The molecule has 104 valence electrons. The van der Waals surface area contributed by atoms with Crippen LogP contribution in [0.1, 0.15) is 25.7 Å². The summed E-state index contributed by atoms with van der Waals surface area (Å²) in [6, 6.07) is 5.05. The first-order chi connectivity index (χ1) is 9.10. The van der Waals surface area contributed by atoms with Gasteiger partial charge in [-0.05, 0) is 43.9 Å². The number of anilines is 1. The van der Waals surface area contributed by atoms with E-state index < -0.39 is 0 Å². The fourth-order valence-corrected chi connectivity index (χ4v) is 2.73. The lowest BCUT2D eigenvalue weighted by Gasteiger charge is -2.26. The maximum absolute atomic E-state index is 12.2. The van der Waals surface area contributed by atoms with Crippen LogP contribution in [0.25, 0.3) is 0 Å². The SMILES string of the molecule is COC1CCC(C(=O)Nc2cc(Cl)ccc2Cl)CC1. The molecule has 0 aliphatic heterocycles. The second-order valence-electron chi connectivity index (χ2n) is 4.82. The molecule has 1 saturated carbocycles. The lowest BCUT2D eigenvalue weighted by atomic mass is 9.87. The van der Waals surface area contributed by atoms with Crippen LogP contribution in [0, 0.1) is 5.92 Å². The maximum atomic E-state index is 12.2. The van der Waals surface area contributed by atoms with Crippen molar-refractivity contribution in [2.24, 2.45) is 5.92 Å². The quantitative estimate of drug-likeness (QED) is 0.911. The van der Waals surface area contributed by atoms with E-state index in [1.807, 2.05) is 0 Å². The predicted molar refractivity (Wildman–Crippen MR) is 77.8 cm³/mol. The Hall–Kier alpha value is -0.770. The van der Waals surface area contributed by atoms with Crippen molar-refractivity contribution in [2.75, 3.05) is 12.4 Å². The fraction of sp³-hybridized carbons (Fsp3) is 0.500. The molecular weight excluding hydrogens is 285 g/mol. The molecule has 5 heteroatoms. The Kier molecular flexibility index (Phi) is 5.08. The molecule has 1 amide bonds. The fourth-order valence-electron chi connectivity index (χ4n) is 2.39. The van der Waals surface area contributed by atoms with Crippen molar-refractivity contribution in [2.45, 2.75) is 31.8 Å². The van der Waals surface area contributed by atoms with Crippen LogP contribution in [-0.4, -0.2) is 19.1 Å². The molecule has 1 aliphatic carbocycles. The van der Waals surface area contributed by atoms with Crippen molar-refractivity contribution in [3.63, 3.8) is 0 Å². The molecule has 2 rings (SSSR count). The average molecular weight is 302 g/mol. The number of ether oxygens (including phenoxy) is 1. The zero-order chi connectivity index (χ0) is 13.8. The molecule has 1 N–H and O–H groups in total. The van der Waals surface area contributed by atoms with E-state index >= 15 is 0 Å². The van der Waals surface area contributed by atoms with Crippen LogP contribution in [0.4, 0.5) is 5.69 Å². The molecule has 1 aliphatic rings. The standard InChI is InChI=1S/C14H17Cl2NO2/c1-19-11-5-2-9(3-6-11)14(18)17-13-8-10(15)4-7-12(13)16/h4,7-9,11H,2-3,5-6H2,1H3,(H,17,18). The molecule has 0 radical (unpaired) electrons. The number of carbonyl (C=O) groups excluding carboxylic acids is 1. The van der Waals surface area contributed by atoms with Crippen LogP contribution in [0.3, 0.4) is 0 Å². The first kappa shape index (κ1) is 14.6. The zero-order valence-electron chi connectivity index (χ0n) is 10.8. The second kappa shape index (κ2) is 6.60. The topological polar surface area (TPSA) is 38.3 Å². The van der Waals surface area contributed by atoms with E-state index in [0.717, 1.165) is 25.7 Å². The normalized spacial score (nSPS) is 23.1. The molecule has 19 heavy (non-hydrogen) atoms. The summed E-state index contributed by atoms with van der Waals surface area (Å²) >= 11 is 11.9. The number of hydrogen-bond donors (Lipinski definition) is 1. The van der Waals surface area contributed by atoms with Gasteiger partial charge in [0.2, 0.25) is 5.91 Å². The predicted octanol–water partition coefficient (Wildman–Crippen LogP) is 4.14. The third-order valence-electron chi connectivity index (χ3n) is 3.56. The number of nitrogens with one attached hydrogen (secondary N) is 1. The Morgan fingerprint density at radius 2 is 1.95 bits per heavy atom. The van der Waals surface area contributed by atoms with Crippen molar-refractivity contribution in [3.05, 3.63) is 28.2 Å². The van der Waals surface area contributed by atoms with Crippen LogP contribution in [0.2, 0.25) is 10.0 Å². The molecule has 0 heterocycles. The minimum Gasteiger partial charge on any atom is -0.381 e. The summed E-state index contributed by atoms with van der Waals surface area (Å²) in [7, 11) is 1.72. The first-order valence-electron chi connectivity index (χ1n) is 6.39. The minimum absolute atomic E-state index is 0.0127. The van der Waals surface area contributed by atoms with Gasteiger partial charge in [-0.15, -0.1) is 0 Å². The molecule has 0 bridgehead atoms. The zero-order valence-corrected chi connectivity index (χ0v) is 12.3. The van der Waals surface area contributed by atoms with E-state index in [2.05, 4.69) is 5.32 Å². The monoisotopic (exact) mass is 301 g/mol.